The van der Waals surface area contributed by atoms with E-state index in [1.165, 1.54) is 0 Å². The minimum Gasteiger partial charge on any atom is -0.367 e. The number of hydrogen-bond donors (Lipinski definition) is 2. The zero-order valence-electron chi connectivity index (χ0n) is 14.8. The van der Waals surface area contributed by atoms with Crippen LogP contribution in [0.3, 0.4) is 0 Å². The summed E-state index contributed by atoms with van der Waals surface area (Å²) in [6.07, 6.45) is 0.972. The third kappa shape index (κ3) is 5.05. The number of benzene rings is 1. The molecule has 0 aliphatic rings. The molecule has 0 radical (unpaired) electrons. The number of amides is 1. The van der Waals surface area contributed by atoms with Crippen molar-refractivity contribution in [3.05, 3.63) is 42.1 Å². The molecule has 1 amide bonds. The van der Waals surface area contributed by atoms with Crippen molar-refractivity contribution < 1.29 is 4.79 Å². The molecule has 2 aromatic rings. The average Bonchev–Trinajstić information content (AvgIpc) is 2.60. The molecule has 2 rings (SSSR count). The molecular formula is C19H26N4O. The summed E-state index contributed by atoms with van der Waals surface area (Å²) in [5.74, 6) is 1.45. The van der Waals surface area contributed by atoms with Crippen LogP contribution < -0.4 is 10.6 Å². The van der Waals surface area contributed by atoms with E-state index in [9.17, 15) is 4.79 Å². The van der Waals surface area contributed by atoms with Gasteiger partial charge in [0.15, 0.2) is 5.82 Å². The van der Waals surface area contributed by atoms with Crippen molar-refractivity contribution in [3.63, 3.8) is 0 Å². The normalized spacial score (nSPS) is 12.0. The van der Waals surface area contributed by atoms with E-state index in [2.05, 4.69) is 48.3 Å². The van der Waals surface area contributed by atoms with E-state index in [-0.39, 0.29) is 11.9 Å². The number of nitrogens with zero attached hydrogens (tertiary/aromatic N) is 2. The van der Waals surface area contributed by atoms with Crippen LogP contribution in [0, 0.1) is 5.92 Å². The second-order valence-electron chi connectivity index (χ2n) is 6.39. The molecule has 0 saturated carbocycles. The van der Waals surface area contributed by atoms with Gasteiger partial charge < -0.3 is 10.6 Å². The van der Waals surface area contributed by atoms with Crippen LogP contribution >= 0.6 is 0 Å². The highest BCUT2D eigenvalue weighted by Crippen LogP contribution is 2.18. The molecule has 5 nitrogen and oxygen atoms in total. The molecule has 0 spiro atoms. The molecule has 5 heteroatoms. The smallest absolute Gasteiger partial charge is 0.270 e. The van der Waals surface area contributed by atoms with Gasteiger partial charge in [0.1, 0.15) is 11.5 Å². The maximum Gasteiger partial charge on any atom is 0.270 e. The molecule has 128 valence electrons. The highest BCUT2D eigenvalue weighted by Gasteiger charge is 2.14. The van der Waals surface area contributed by atoms with Gasteiger partial charge in [-0.05, 0) is 19.3 Å². The molecule has 2 N–H and O–H groups in total. The summed E-state index contributed by atoms with van der Waals surface area (Å²) >= 11 is 0. The minimum atomic E-state index is -0.171. The summed E-state index contributed by atoms with van der Waals surface area (Å²) in [6.45, 7) is 8.94. The molecular weight excluding hydrogens is 300 g/mol. The van der Waals surface area contributed by atoms with E-state index < -0.39 is 0 Å². The monoisotopic (exact) mass is 326 g/mol. The van der Waals surface area contributed by atoms with Gasteiger partial charge in [-0.2, -0.15) is 0 Å². The molecule has 0 saturated heterocycles. The van der Waals surface area contributed by atoms with Crippen LogP contribution in [0.25, 0.3) is 11.4 Å². The molecule has 1 atom stereocenters. The van der Waals surface area contributed by atoms with Crippen molar-refractivity contribution in [1.29, 1.82) is 0 Å². The Hall–Kier alpha value is -2.43. The summed E-state index contributed by atoms with van der Waals surface area (Å²) < 4.78 is 0. The maximum atomic E-state index is 12.4. The van der Waals surface area contributed by atoms with Crippen LogP contribution in [0.15, 0.2) is 36.4 Å². The van der Waals surface area contributed by atoms with Gasteiger partial charge >= 0.3 is 0 Å². The van der Waals surface area contributed by atoms with Crippen LogP contribution in [0.1, 0.15) is 44.6 Å². The number of nitrogens with one attached hydrogen (secondary N) is 2. The molecule has 0 bridgehead atoms. The van der Waals surface area contributed by atoms with Crippen molar-refractivity contribution in [2.45, 2.75) is 40.2 Å². The number of carbonyl (C=O) groups excluding carboxylic acids is 1. The molecule has 24 heavy (non-hydrogen) atoms. The van der Waals surface area contributed by atoms with Crippen LogP contribution in [0.4, 0.5) is 5.82 Å². The maximum absolute atomic E-state index is 12.4. The Kier molecular flexibility index (Phi) is 6.29. The summed E-state index contributed by atoms with van der Waals surface area (Å²) in [5.41, 5.74) is 1.28. The van der Waals surface area contributed by atoms with Crippen LogP contribution in [0.2, 0.25) is 0 Å². The van der Waals surface area contributed by atoms with E-state index in [4.69, 9.17) is 0 Å². The fourth-order valence-electron chi connectivity index (χ4n) is 2.10. The lowest BCUT2D eigenvalue weighted by Gasteiger charge is -2.14. The van der Waals surface area contributed by atoms with Crippen molar-refractivity contribution in [2.24, 2.45) is 5.92 Å². The third-order valence-corrected chi connectivity index (χ3v) is 3.67. The van der Waals surface area contributed by atoms with Gasteiger partial charge in [0.2, 0.25) is 0 Å². The van der Waals surface area contributed by atoms with Gasteiger partial charge in [0.25, 0.3) is 5.91 Å². The Morgan fingerprint density at radius 3 is 2.46 bits per heavy atom. The first kappa shape index (κ1) is 17.9. The molecule has 0 aliphatic heterocycles. The van der Waals surface area contributed by atoms with Gasteiger partial charge in [-0.25, -0.2) is 9.97 Å². The molecule has 1 unspecified atom stereocenters. The lowest BCUT2D eigenvalue weighted by atomic mass is 10.2. The zero-order valence-corrected chi connectivity index (χ0v) is 14.8. The first-order chi connectivity index (χ1) is 11.5. The van der Waals surface area contributed by atoms with Crippen molar-refractivity contribution in [2.75, 3.05) is 11.9 Å². The lowest BCUT2D eigenvalue weighted by Crippen LogP contribution is -2.28. The van der Waals surface area contributed by atoms with Crippen LogP contribution in [0.5, 0.6) is 0 Å². The van der Waals surface area contributed by atoms with Gasteiger partial charge in [-0.1, -0.05) is 51.1 Å². The Balaban J connectivity index is 2.35. The second-order valence-corrected chi connectivity index (χ2v) is 6.39. The summed E-state index contributed by atoms with van der Waals surface area (Å²) in [7, 11) is 0. The van der Waals surface area contributed by atoms with Crippen LogP contribution in [-0.4, -0.2) is 28.5 Å². The standard InChI is InChI=1S/C19H26N4O/c1-5-14(4)21-17-11-16(19(24)20-12-13(2)3)22-18(23-17)15-9-7-6-8-10-15/h6-11,13-14H,5,12H2,1-4H3,(H,20,24)(H,21,22,23). The SMILES string of the molecule is CCC(C)Nc1cc(C(=O)NCC(C)C)nc(-c2ccccc2)n1. The van der Waals surface area contributed by atoms with E-state index in [0.717, 1.165) is 12.0 Å². The fourth-order valence-corrected chi connectivity index (χ4v) is 2.10. The topological polar surface area (TPSA) is 66.9 Å². The molecule has 1 aromatic heterocycles. The molecule has 0 aliphatic carbocycles. The Bertz CT molecular complexity index is 670. The highest BCUT2D eigenvalue weighted by molar-refractivity contribution is 5.93. The van der Waals surface area contributed by atoms with E-state index >= 15 is 0 Å². The van der Waals surface area contributed by atoms with E-state index in [1.54, 1.807) is 6.07 Å². The molecule has 0 fully saturated rings. The van der Waals surface area contributed by atoms with Gasteiger partial charge in [-0.3, -0.25) is 4.79 Å². The quantitative estimate of drug-likeness (QED) is 0.813. The minimum absolute atomic E-state index is 0.171. The van der Waals surface area contributed by atoms with Crippen molar-refractivity contribution >= 4 is 11.7 Å². The van der Waals surface area contributed by atoms with Crippen molar-refractivity contribution in [1.82, 2.24) is 15.3 Å². The van der Waals surface area contributed by atoms with Crippen LogP contribution in [-0.2, 0) is 0 Å². The number of hydrogen-bond acceptors (Lipinski definition) is 4. The highest BCUT2D eigenvalue weighted by atomic mass is 16.1. The summed E-state index contributed by atoms with van der Waals surface area (Å²) in [4.78, 5) is 21.4. The Morgan fingerprint density at radius 1 is 1.12 bits per heavy atom. The summed E-state index contributed by atoms with van der Waals surface area (Å²) in [6, 6.07) is 11.7. The van der Waals surface area contributed by atoms with E-state index in [0.29, 0.717) is 29.8 Å². The second kappa shape index (κ2) is 8.43. The number of rotatable bonds is 7. The van der Waals surface area contributed by atoms with Gasteiger partial charge in [0, 0.05) is 24.2 Å². The largest absolute Gasteiger partial charge is 0.367 e. The summed E-state index contributed by atoms with van der Waals surface area (Å²) in [5, 5.41) is 6.25. The lowest BCUT2D eigenvalue weighted by molar-refractivity contribution is 0.0944. The van der Waals surface area contributed by atoms with Crippen molar-refractivity contribution in [3.8, 4) is 11.4 Å². The predicted molar refractivity (Wildman–Crippen MR) is 98.0 cm³/mol. The number of anilines is 1. The third-order valence-electron chi connectivity index (χ3n) is 3.67. The predicted octanol–water partition coefficient (Wildman–Crippen LogP) is 3.74. The first-order valence-corrected chi connectivity index (χ1v) is 8.48. The average molecular weight is 326 g/mol. The number of aromatic nitrogens is 2. The molecule has 1 aromatic carbocycles. The Labute approximate surface area is 143 Å². The Morgan fingerprint density at radius 2 is 1.83 bits per heavy atom. The van der Waals surface area contributed by atoms with Gasteiger partial charge in [0.05, 0.1) is 0 Å². The fraction of sp³-hybridized carbons (Fsp3) is 0.421. The first-order valence-electron chi connectivity index (χ1n) is 8.48. The molecule has 1 heterocycles. The van der Waals surface area contributed by atoms with Gasteiger partial charge in [-0.15, -0.1) is 0 Å². The van der Waals surface area contributed by atoms with E-state index in [1.807, 2.05) is 30.3 Å². The zero-order chi connectivity index (χ0) is 17.5. The number of carbonyl (C=O) groups is 1.